The van der Waals surface area contributed by atoms with Crippen LogP contribution in [0.4, 0.5) is 5.69 Å². The molecule has 41 heavy (non-hydrogen) atoms. The zero-order valence-electron chi connectivity index (χ0n) is 22.7. The van der Waals surface area contributed by atoms with Crippen molar-refractivity contribution in [1.82, 2.24) is 9.80 Å². The number of aliphatic hydroxyl groups excluding tert-OH is 1. The molecular formula is C31H31N3O7. The van der Waals surface area contributed by atoms with Crippen molar-refractivity contribution in [2.24, 2.45) is 0 Å². The van der Waals surface area contributed by atoms with E-state index in [2.05, 4.69) is 4.90 Å². The summed E-state index contributed by atoms with van der Waals surface area (Å²) >= 11 is 0. The van der Waals surface area contributed by atoms with Crippen molar-refractivity contribution < 1.29 is 29.1 Å². The Labute approximate surface area is 237 Å². The van der Waals surface area contributed by atoms with Gasteiger partial charge in [-0.3, -0.25) is 24.6 Å². The minimum absolute atomic E-state index is 0.106. The van der Waals surface area contributed by atoms with Crippen LogP contribution in [0.2, 0.25) is 0 Å². The fourth-order valence-electron chi connectivity index (χ4n) is 5.14. The van der Waals surface area contributed by atoms with Crippen LogP contribution < -0.4 is 4.74 Å². The van der Waals surface area contributed by atoms with Crippen LogP contribution in [0.3, 0.4) is 0 Å². The van der Waals surface area contributed by atoms with Crippen LogP contribution in [0.1, 0.15) is 28.3 Å². The van der Waals surface area contributed by atoms with Gasteiger partial charge in [-0.2, -0.15) is 0 Å². The Morgan fingerprint density at radius 2 is 1.76 bits per heavy atom. The second-order valence-electron chi connectivity index (χ2n) is 10.0. The van der Waals surface area contributed by atoms with Gasteiger partial charge in [-0.15, -0.1) is 0 Å². The molecular weight excluding hydrogens is 526 g/mol. The van der Waals surface area contributed by atoms with Gasteiger partial charge in [0, 0.05) is 43.9 Å². The maximum atomic E-state index is 13.3. The Morgan fingerprint density at radius 1 is 1.02 bits per heavy atom. The molecule has 2 heterocycles. The van der Waals surface area contributed by atoms with E-state index in [4.69, 9.17) is 9.47 Å². The van der Waals surface area contributed by atoms with Crippen LogP contribution >= 0.6 is 0 Å². The van der Waals surface area contributed by atoms with Crippen LogP contribution in [0.25, 0.3) is 5.76 Å². The number of carbonyl (C=O) groups excluding carboxylic acids is 2. The first-order valence-electron chi connectivity index (χ1n) is 13.4. The number of amides is 1. The van der Waals surface area contributed by atoms with Crippen molar-refractivity contribution in [2.45, 2.75) is 19.6 Å². The van der Waals surface area contributed by atoms with E-state index in [1.165, 1.54) is 23.1 Å². The van der Waals surface area contributed by atoms with Gasteiger partial charge in [0.2, 0.25) is 0 Å². The molecule has 1 amide bonds. The van der Waals surface area contributed by atoms with Gasteiger partial charge in [-0.05, 0) is 47.9 Å². The number of ketones is 1. The van der Waals surface area contributed by atoms with E-state index in [-0.39, 0.29) is 23.6 Å². The highest BCUT2D eigenvalue weighted by Gasteiger charge is 2.46. The number of rotatable bonds is 9. The normalized spacial score (nSPS) is 19.0. The van der Waals surface area contributed by atoms with Crippen LogP contribution in [-0.2, 0) is 20.9 Å². The number of hydrogen-bond acceptors (Lipinski definition) is 8. The standard InChI is InChI=1S/C31H31N3O7/c1-21-5-2-3-6-24(21)20-41-26-11-9-22(10-12-26)29(35)27-28(23-7-4-8-25(19-23)34(38)39)33(31(37)30(27)36)14-13-32-15-17-40-18-16-32/h2-12,19,28,35H,13-18,20H2,1H3. The Bertz CT molecular complexity index is 1480. The lowest BCUT2D eigenvalue weighted by Gasteiger charge is -2.31. The highest BCUT2D eigenvalue weighted by molar-refractivity contribution is 6.46. The fraction of sp³-hybridized carbons (Fsp3) is 0.290. The van der Waals surface area contributed by atoms with Crippen molar-refractivity contribution in [3.05, 3.63) is 111 Å². The summed E-state index contributed by atoms with van der Waals surface area (Å²) in [5, 5.41) is 22.9. The van der Waals surface area contributed by atoms with Gasteiger partial charge < -0.3 is 19.5 Å². The SMILES string of the molecule is Cc1ccccc1COc1ccc(C(O)=C2C(=O)C(=O)N(CCN3CCOCC3)C2c2cccc([N+](=O)[O-])c2)cc1. The minimum Gasteiger partial charge on any atom is -0.507 e. The predicted octanol–water partition coefficient (Wildman–Crippen LogP) is 4.24. The summed E-state index contributed by atoms with van der Waals surface area (Å²) < 4.78 is 11.3. The van der Waals surface area contributed by atoms with Gasteiger partial charge in [0.25, 0.3) is 17.4 Å². The van der Waals surface area contributed by atoms with Crippen molar-refractivity contribution in [2.75, 3.05) is 39.4 Å². The number of aliphatic hydroxyl groups is 1. The molecule has 2 aliphatic rings. The maximum absolute atomic E-state index is 13.3. The molecule has 1 atom stereocenters. The van der Waals surface area contributed by atoms with Gasteiger partial charge in [0.05, 0.1) is 29.8 Å². The summed E-state index contributed by atoms with van der Waals surface area (Å²) in [6.45, 7) is 5.64. The summed E-state index contributed by atoms with van der Waals surface area (Å²) in [7, 11) is 0. The van der Waals surface area contributed by atoms with Crippen LogP contribution in [0.15, 0.2) is 78.4 Å². The third-order valence-corrected chi connectivity index (χ3v) is 7.48. The third kappa shape index (κ3) is 6.13. The molecule has 0 spiro atoms. The first-order chi connectivity index (χ1) is 19.8. The Hall–Kier alpha value is -4.54. The van der Waals surface area contributed by atoms with Crippen LogP contribution in [-0.4, -0.2) is 70.9 Å². The molecule has 2 saturated heterocycles. The van der Waals surface area contributed by atoms with Gasteiger partial charge in [-0.25, -0.2) is 0 Å². The quantitative estimate of drug-likeness (QED) is 0.136. The number of hydrogen-bond donors (Lipinski definition) is 1. The van der Waals surface area contributed by atoms with E-state index in [0.29, 0.717) is 56.3 Å². The molecule has 10 nitrogen and oxygen atoms in total. The average Bonchev–Trinajstić information content (AvgIpc) is 3.25. The molecule has 0 aliphatic carbocycles. The molecule has 10 heteroatoms. The Balaban J connectivity index is 1.45. The lowest BCUT2D eigenvalue weighted by molar-refractivity contribution is -0.384. The number of ether oxygens (including phenoxy) is 2. The second kappa shape index (κ2) is 12.3. The maximum Gasteiger partial charge on any atom is 0.295 e. The molecule has 3 aromatic rings. The topological polar surface area (TPSA) is 122 Å². The molecule has 1 N–H and O–H groups in total. The molecule has 2 aliphatic heterocycles. The molecule has 2 fully saturated rings. The lowest BCUT2D eigenvalue weighted by Crippen LogP contribution is -2.42. The summed E-state index contributed by atoms with van der Waals surface area (Å²) in [6.07, 6.45) is 0. The van der Waals surface area contributed by atoms with E-state index in [9.17, 15) is 24.8 Å². The number of morpholine rings is 1. The molecule has 1 unspecified atom stereocenters. The van der Waals surface area contributed by atoms with Gasteiger partial charge in [0.15, 0.2) is 0 Å². The number of carbonyl (C=O) groups is 2. The Morgan fingerprint density at radius 3 is 2.46 bits per heavy atom. The highest BCUT2D eigenvalue weighted by atomic mass is 16.6. The highest BCUT2D eigenvalue weighted by Crippen LogP contribution is 2.40. The smallest absolute Gasteiger partial charge is 0.295 e. The molecule has 0 aromatic heterocycles. The molecule has 212 valence electrons. The molecule has 0 bridgehead atoms. The van der Waals surface area contributed by atoms with Gasteiger partial charge in [0.1, 0.15) is 18.1 Å². The number of nitro groups is 1. The summed E-state index contributed by atoms with van der Waals surface area (Å²) in [4.78, 5) is 41.1. The fourth-order valence-corrected chi connectivity index (χ4v) is 5.14. The molecule has 5 rings (SSSR count). The zero-order chi connectivity index (χ0) is 28.9. The van der Waals surface area contributed by atoms with Crippen molar-refractivity contribution in [1.29, 1.82) is 0 Å². The second-order valence-corrected chi connectivity index (χ2v) is 10.0. The average molecular weight is 558 g/mol. The first-order valence-corrected chi connectivity index (χ1v) is 13.4. The zero-order valence-corrected chi connectivity index (χ0v) is 22.7. The summed E-state index contributed by atoms with van der Waals surface area (Å²) in [5.41, 5.74) is 2.59. The monoisotopic (exact) mass is 557 g/mol. The molecule has 0 saturated carbocycles. The number of nitrogens with zero attached hydrogens (tertiary/aromatic N) is 3. The van der Waals surface area contributed by atoms with Gasteiger partial charge in [-0.1, -0.05) is 36.4 Å². The number of likely N-dealkylation sites (tertiary alicyclic amines) is 1. The van der Waals surface area contributed by atoms with Crippen LogP contribution in [0, 0.1) is 17.0 Å². The lowest BCUT2D eigenvalue weighted by atomic mass is 9.95. The van der Waals surface area contributed by atoms with Crippen molar-refractivity contribution in [3.8, 4) is 5.75 Å². The number of aryl methyl sites for hydroxylation is 1. The summed E-state index contributed by atoms with van der Waals surface area (Å²) in [5.74, 6) is -1.36. The number of non-ortho nitro benzene ring substituents is 1. The van der Waals surface area contributed by atoms with E-state index >= 15 is 0 Å². The van der Waals surface area contributed by atoms with E-state index in [1.807, 2.05) is 31.2 Å². The largest absolute Gasteiger partial charge is 0.507 e. The number of nitro benzene ring substituents is 1. The summed E-state index contributed by atoms with van der Waals surface area (Å²) in [6, 6.07) is 19.4. The number of Topliss-reactive ketones (excluding diaryl/α,β-unsaturated/α-hetero) is 1. The van der Waals surface area contributed by atoms with Gasteiger partial charge >= 0.3 is 0 Å². The Kier molecular flexibility index (Phi) is 8.42. The molecule has 0 radical (unpaired) electrons. The van der Waals surface area contributed by atoms with E-state index < -0.39 is 22.7 Å². The van der Waals surface area contributed by atoms with Crippen molar-refractivity contribution >= 4 is 23.1 Å². The third-order valence-electron chi connectivity index (χ3n) is 7.48. The van der Waals surface area contributed by atoms with Crippen molar-refractivity contribution in [3.63, 3.8) is 0 Å². The van der Waals surface area contributed by atoms with E-state index in [1.54, 1.807) is 30.3 Å². The number of benzene rings is 3. The molecule has 3 aromatic carbocycles. The predicted molar refractivity (Wildman–Crippen MR) is 151 cm³/mol. The van der Waals surface area contributed by atoms with E-state index in [0.717, 1.165) is 11.1 Å². The van der Waals surface area contributed by atoms with Crippen LogP contribution in [0.5, 0.6) is 5.75 Å². The first kappa shape index (κ1) is 28.0. The minimum atomic E-state index is -0.979.